The summed E-state index contributed by atoms with van der Waals surface area (Å²) in [5.74, 6) is 0. The number of aryl methyl sites for hydroxylation is 2. The van der Waals surface area contributed by atoms with Crippen LogP contribution >= 0.6 is 11.3 Å². The average Bonchev–Trinajstić information content (AvgIpc) is 2.87. The summed E-state index contributed by atoms with van der Waals surface area (Å²) in [4.78, 5) is 0. The summed E-state index contributed by atoms with van der Waals surface area (Å²) in [7, 11) is 0. The van der Waals surface area contributed by atoms with E-state index in [-0.39, 0.29) is 0 Å². The smallest absolute Gasteiger partial charge is 0.121 e. The first-order valence-electron chi connectivity index (χ1n) is 7.27. The zero-order chi connectivity index (χ0) is 14.4. The van der Waals surface area contributed by atoms with E-state index >= 15 is 0 Å². The summed E-state index contributed by atoms with van der Waals surface area (Å²) in [6.07, 6.45) is 3.05. The third-order valence-electron chi connectivity index (χ3n) is 3.30. The van der Waals surface area contributed by atoms with Crippen molar-refractivity contribution in [1.29, 1.82) is 0 Å². The summed E-state index contributed by atoms with van der Waals surface area (Å²) >= 11 is 1.74. The zero-order valence-corrected chi connectivity index (χ0v) is 13.4. The lowest BCUT2D eigenvalue weighted by atomic mass is 10.0. The van der Waals surface area contributed by atoms with E-state index in [2.05, 4.69) is 54.5 Å². The molecule has 1 aromatic heterocycles. The molecule has 0 saturated carbocycles. The molecular weight excluding hydrogens is 266 g/mol. The lowest BCUT2D eigenvalue weighted by Crippen LogP contribution is -2.17. The Balaban J connectivity index is 1.93. The van der Waals surface area contributed by atoms with Crippen molar-refractivity contribution in [2.75, 3.05) is 13.1 Å². The number of hydrogen-bond acceptors (Lipinski definition) is 4. The van der Waals surface area contributed by atoms with E-state index in [9.17, 15) is 0 Å². The van der Waals surface area contributed by atoms with Gasteiger partial charge in [-0.05, 0) is 37.9 Å². The van der Waals surface area contributed by atoms with Gasteiger partial charge in [0.1, 0.15) is 10.0 Å². The maximum atomic E-state index is 4.32. The minimum Gasteiger partial charge on any atom is -0.316 e. The van der Waals surface area contributed by atoms with Gasteiger partial charge in [-0.15, -0.1) is 21.5 Å². The first-order valence-corrected chi connectivity index (χ1v) is 8.08. The molecule has 0 bridgehead atoms. The second kappa shape index (κ2) is 7.50. The average molecular weight is 289 g/mol. The van der Waals surface area contributed by atoms with Gasteiger partial charge in [-0.3, -0.25) is 0 Å². The molecule has 1 aromatic carbocycles. The minimum absolute atomic E-state index is 0.896. The molecule has 20 heavy (non-hydrogen) atoms. The molecule has 0 aliphatic carbocycles. The van der Waals surface area contributed by atoms with E-state index in [4.69, 9.17) is 0 Å². The van der Waals surface area contributed by atoms with Crippen molar-refractivity contribution in [3.63, 3.8) is 0 Å². The van der Waals surface area contributed by atoms with Crippen LogP contribution in [0.3, 0.4) is 0 Å². The molecule has 1 heterocycles. The molecule has 0 radical (unpaired) electrons. The van der Waals surface area contributed by atoms with Gasteiger partial charge < -0.3 is 5.32 Å². The van der Waals surface area contributed by atoms with Gasteiger partial charge in [-0.25, -0.2) is 0 Å². The molecule has 0 fully saturated rings. The fourth-order valence-electron chi connectivity index (χ4n) is 2.11. The Hall–Kier alpha value is -1.26. The molecule has 1 N–H and O–H groups in total. The lowest BCUT2D eigenvalue weighted by Gasteiger charge is -2.04. The van der Waals surface area contributed by atoms with Gasteiger partial charge in [0.25, 0.3) is 0 Å². The molecule has 2 aromatic rings. The second-order valence-electron chi connectivity index (χ2n) is 5.20. The summed E-state index contributed by atoms with van der Waals surface area (Å²) in [6.45, 7) is 8.54. The largest absolute Gasteiger partial charge is 0.316 e. The maximum absolute atomic E-state index is 4.32. The molecule has 0 unspecified atom stereocenters. The van der Waals surface area contributed by atoms with Gasteiger partial charge in [-0.1, -0.05) is 30.7 Å². The molecule has 3 nitrogen and oxygen atoms in total. The molecule has 2 rings (SSSR count). The monoisotopic (exact) mass is 289 g/mol. The fraction of sp³-hybridized carbons (Fsp3) is 0.500. The minimum atomic E-state index is 0.896. The Morgan fingerprint density at radius 2 is 1.90 bits per heavy atom. The number of aromatic nitrogens is 2. The highest BCUT2D eigenvalue weighted by Gasteiger charge is 2.07. The van der Waals surface area contributed by atoms with Crippen molar-refractivity contribution < 1.29 is 0 Å². The highest BCUT2D eigenvalue weighted by molar-refractivity contribution is 7.11. The predicted molar refractivity (Wildman–Crippen MR) is 85.5 cm³/mol. The van der Waals surface area contributed by atoms with Crippen LogP contribution in [-0.4, -0.2) is 23.3 Å². The normalized spacial score (nSPS) is 10.9. The number of hydrogen-bond donors (Lipinski definition) is 1. The van der Waals surface area contributed by atoms with Gasteiger partial charge in [-0.2, -0.15) is 0 Å². The van der Waals surface area contributed by atoms with E-state index < -0.39 is 0 Å². The van der Waals surface area contributed by atoms with Crippen LogP contribution < -0.4 is 5.32 Å². The van der Waals surface area contributed by atoms with Gasteiger partial charge >= 0.3 is 0 Å². The van der Waals surface area contributed by atoms with E-state index in [1.807, 2.05) is 0 Å². The molecule has 0 saturated heterocycles. The third-order valence-corrected chi connectivity index (χ3v) is 4.28. The Labute approximate surface area is 125 Å². The Bertz CT molecular complexity index is 548. The van der Waals surface area contributed by atoms with E-state index in [0.717, 1.165) is 35.9 Å². The van der Waals surface area contributed by atoms with Crippen LogP contribution in [0.4, 0.5) is 0 Å². The summed E-state index contributed by atoms with van der Waals surface area (Å²) in [5.41, 5.74) is 3.99. The Kier molecular flexibility index (Phi) is 5.68. The van der Waals surface area contributed by atoms with Gasteiger partial charge in [0.05, 0.1) is 0 Å². The van der Waals surface area contributed by atoms with Crippen LogP contribution in [0.2, 0.25) is 0 Å². The lowest BCUT2D eigenvalue weighted by molar-refractivity contribution is 0.667. The molecule has 0 aliphatic rings. The summed E-state index contributed by atoms with van der Waals surface area (Å²) in [5, 5.41) is 14.3. The van der Waals surface area contributed by atoms with Crippen LogP contribution in [0.25, 0.3) is 0 Å². The number of nitrogens with zero attached hydrogens (tertiary/aromatic N) is 2. The molecular formula is C16H23N3S. The Morgan fingerprint density at radius 3 is 2.70 bits per heavy atom. The summed E-state index contributed by atoms with van der Waals surface area (Å²) in [6, 6.07) is 6.59. The van der Waals surface area contributed by atoms with Crippen molar-refractivity contribution in [1.82, 2.24) is 15.5 Å². The number of rotatable bonds is 7. The maximum Gasteiger partial charge on any atom is 0.121 e. The quantitative estimate of drug-likeness (QED) is 0.795. The van der Waals surface area contributed by atoms with Gasteiger partial charge in [0.2, 0.25) is 0 Å². The zero-order valence-electron chi connectivity index (χ0n) is 12.6. The fourth-order valence-corrected chi connectivity index (χ4v) is 2.98. The molecule has 108 valence electrons. The van der Waals surface area contributed by atoms with Crippen molar-refractivity contribution >= 4 is 11.3 Å². The molecule has 0 aliphatic heterocycles. The van der Waals surface area contributed by atoms with Crippen LogP contribution in [0.5, 0.6) is 0 Å². The topological polar surface area (TPSA) is 37.8 Å². The highest BCUT2D eigenvalue weighted by Crippen LogP contribution is 2.18. The molecule has 0 spiro atoms. The van der Waals surface area contributed by atoms with Crippen LogP contribution in [0, 0.1) is 13.8 Å². The first kappa shape index (κ1) is 15.1. The molecule has 4 heteroatoms. The first-order chi connectivity index (χ1) is 9.69. The third kappa shape index (κ3) is 4.39. The van der Waals surface area contributed by atoms with Crippen LogP contribution in [0.15, 0.2) is 18.2 Å². The van der Waals surface area contributed by atoms with Crippen molar-refractivity contribution in [2.45, 2.75) is 40.0 Å². The van der Waals surface area contributed by atoms with E-state index in [1.54, 1.807) is 11.3 Å². The van der Waals surface area contributed by atoms with E-state index in [1.165, 1.54) is 23.1 Å². The molecule has 0 amide bonds. The van der Waals surface area contributed by atoms with Crippen molar-refractivity contribution in [2.24, 2.45) is 0 Å². The van der Waals surface area contributed by atoms with E-state index in [0.29, 0.717) is 0 Å². The SMILES string of the molecule is CCCNCCc1nnc(Cc2cc(C)ccc2C)s1. The standard InChI is InChI=1S/C16H23N3S/c1-4-8-17-9-7-15-18-19-16(20-15)11-14-10-12(2)5-6-13(14)3/h5-6,10,17H,4,7-9,11H2,1-3H3. The van der Waals surface area contributed by atoms with Gasteiger partial charge in [0, 0.05) is 19.4 Å². The second-order valence-corrected chi connectivity index (χ2v) is 6.34. The predicted octanol–water partition coefficient (Wildman–Crippen LogP) is 3.29. The van der Waals surface area contributed by atoms with Crippen LogP contribution in [-0.2, 0) is 12.8 Å². The molecule has 0 atom stereocenters. The van der Waals surface area contributed by atoms with Gasteiger partial charge in [0.15, 0.2) is 0 Å². The van der Waals surface area contributed by atoms with Crippen molar-refractivity contribution in [3.8, 4) is 0 Å². The summed E-state index contributed by atoms with van der Waals surface area (Å²) < 4.78 is 0. The number of benzene rings is 1. The highest BCUT2D eigenvalue weighted by atomic mass is 32.1. The Morgan fingerprint density at radius 1 is 1.10 bits per heavy atom. The number of nitrogens with one attached hydrogen (secondary N) is 1. The van der Waals surface area contributed by atoms with Crippen molar-refractivity contribution in [3.05, 3.63) is 44.9 Å². The van der Waals surface area contributed by atoms with Crippen LogP contribution in [0.1, 0.15) is 40.1 Å².